The normalized spacial score (nSPS) is 13.8. The first-order valence-corrected chi connectivity index (χ1v) is 6.13. The van der Waals surface area contributed by atoms with Crippen LogP contribution in [0.1, 0.15) is 44.7 Å². The van der Waals surface area contributed by atoms with E-state index in [4.69, 9.17) is 0 Å². The van der Waals surface area contributed by atoms with Gasteiger partial charge in [-0.05, 0) is 44.1 Å². The van der Waals surface area contributed by atoms with Crippen LogP contribution in [-0.2, 0) is 6.42 Å². The van der Waals surface area contributed by atoms with Crippen molar-refractivity contribution in [3.8, 4) is 0 Å². The summed E-state index contributed by atoms with van der Waals surface area (Å²) in [6.45, 7) is 8.55. The number of benzene rings is 1. The lowest BCUT2D eigenvalue weighted by Gasteiger charge is -2.25. The number of aliphatic hydroxyl groups excluding tert-OH is 1. The standard InChI is InChI=1S/C15H24O/c1-12-6-5-7-14(10-12)11-15(3,4)9-8-13(2)16/h5-7,10,13,16H,8-9,11H2,1-4H3. The van der Waals surface area contributed by atoms with Crippen LogP contribution in [0.15, 0.2) is 24.3 Å². The Kier molecular flexibility index (Phi) is 4.55. The molecule has 0 saturated heterocycles. The first-order valence-electron chi connectivity index (χ1n) is 6.13. The molecule has 1 aromatic carbocycles. The molecule has 0 saturated carbocycles. The molecule has 0 aliphatic carbocycles. The Morgan fingerprint density at radius 2 is 2.00 bits per heavy atom. The quantitative estimate of drug-likeness (QED) is 0.801. The van der Waals surface area contributed by atoms with Crippen molar-refractivity contribution in [2.45, 2.75) is 53.1 Å². The van der Waals surface area contributed by atoms with E-state index in [1.807, 2.05) is 6.92 Å². The monoisotopic (exact) mass is 220 g/mol. The van der Waals surface area contributed by atoms with Gasteiger partial charge in [-0.2, -0.15) is 0 Å². The summed E-state index contributed by atoms with van der Waals surface area (Å²) < 4.78 is 0. The molecular weight excluding hydrogens is 196 g/mol. The number of aryl methyl sites for hydroxylation is 1. The highest BCUT2D eigenvalue weighted by atomic mass is 16.3. The second kappa shape index (κ2) is 5.49. The van der Waals surface area contributed by atoms with E-state index in [0.717, 1.165) is 19.3 Å². The van der Waals surface area contributed by atoms with E-state index in [9.17, 15) is 5.11 Å². The summed E-state index contributed by atoms with van der Waals surface area (Å²) in [4.78, 5) is 0. The maximum atomic E-state index is 9.33. The van der Waals surface area contributed by atoms with Crippen LogP contribution in [0.5, 0.6) is 0 Å². The molecule has 0 heterocycles. The summed E-state index contributed by atoms with van der Waals surface area (Å²) in [6, 6.07) is 8.70. The molecule has 0 aliphatic rings. The molecule has 16 heavy (non-hydrogen) atoms. The Morgan fingerprint density at radius 1 is 1.31 bits per heavy atom. The van der Waals surface area contributed by atoms with Crippen LogP contribution >= 0.6 is 0 Å². The molecule has 0 fully saturated rings. The molecule has 1 aromatic rings. The lowest BCUT2D eigenvalue weighted by molar-refractivity contribution is 0.159. The van der Waals surface area contributed by atoms with Crippen LogP contribution < -0.4 is 0 Å². The summed E-state index contributed by atoms with van der Waals surface area (Å²) in [5.74, 6) is 0. The first-order chi connectivity index (χ1) is 7.39. The van der Waals surface area contributed by atoms with E-state index >= 15 is 0 Å². The maximum Gasteiger partial charge on any atom is 0.0512 e. The fourth-order valence-corrected chi connectivity index (χ4v) is 2.06. The van der Waals surface area contributed by atoms with Crippen molar-refractivity contribution in [3.05, 3.63) is 35.4 Å². The average Bonchev–Trinajstić information content (AvgIpc) is 2.14. The third kappa shape index (κ3) is 4.80. The molecule has 1 atom stereocenters. The van der Waals surface area contributed by atoms with Crippen molar-refractivity contribution >= 4 is 0 Å². The summed E-state index contributed by atoms with van der Waals surface area (Å²) in [5, 5.41) is 9.33. The number of aliphatic hydroxyl groups is 1. The Morgan fingerprint density at radius 3 is 2.56 bits per heavy atom. The lowest BCUT2D eigenvalue weighted by Crippen LogP contribution is -2.17. The van der Waals surface area contributed by atoms with E-state index in [0.29, 0.717) is 0 Å². The van der Waals surface area contributed by atoms with Crippen LogP contribution in [-0.4, -0.2) is 11.2 Å². The molecule has 0 amide bonds. The predicted octanol–water partition coefficient (Wildman–Crippen LogP) is 3.72. The van der Waals surface area contributed by atoms with E-state index in [1.165, 1.54) is 11.1 Å². The van der Waals surface area contributed by atoms with Gasteiger partial charge < -0.3 is 5.11 Å². The molecule has 1 nitrogen and oxygen atoms in total. The molecule has 0 aliphatic heterocycles. The van der Waals surface area contributed by atoms with Gasteiger partial charge in [0.1, 0.15) is 0 Å². The second-order valence-electron chi connectivity index (χ2n) is 5.72. The minimum absolute atomic E-state index is 0.184. The van der Waals surface area contributed by atoms with Crippen LogP contribution in [0, 0.1) is 12.3 Å². The maximum absolute atomic E-state index is 9.33. The molecular formula is C15H24O. The van der Waals surface area contributed by atoms with Crippen LogP contribution in [0.3, 0.4) is 0 Å². The highest BCUT2D eigenvalue weighted by Gasteiger charge is 2.19. The highest BCUT2D eigenvalue weighted by molar-refractivity contribution is 5.23. The molecule has 1 heteroatoms. The van der Waals surface area contributed by atoms with Crippen molar-refractivity contribution < 1.29 is 5.11 Å². The zero-order chi connectivity index (χ0) is 12.2. The lowest BCUT2D eigenvalue weighted by atomic mass is 9.81. The number of rotatable bonds is 5. The van der Waals surface area contributed by atoms with Gasteiger partial charge >= 0.3 is 0 Å². The third-order valence-corrected chi connectivity index (χ3v) is 3.00. The largest absolute Gasteiger partial charge is 0.393 e. The SMILES string of the molecule is Cc1cccc(CC(C)(C)CCC(C)O)c1. The van der Waals surface area contributed by atoms with Crippen molar-refractivity contribution in [3.63, 3.8) is 0 Å². The van der Waals surface area contributed by atoms with Gasteiger partial charge in [0, 0.05) is 0 Å². The second-order valence-corrected chi connectivity index (χ2v) is 5.72. The number of hydrogen-bond acceptors (Lipinski definition) is 1. The molecule has 90 valence electrons. The summed E-state index contributed by atoms with van der Waals surface area (Å²) >= 11 is 0. The average molecular weight is 220 g/mol. The zero-order valence-electron chi connectivity index (χ0n) is 11.0. The van der Waals surface area contributed by atoms with Crippen LogP contribution in [0.25, 0.3) is 0 Å². The molecule has 0 radical (unpaired) electrons. The Balaban J connectivity index is 2.58. The summed E-state index contributed by atoms with van der Waals surface area (Å²) in [5.41, 5.74) is 2.99. The molecule has 1 rings (SSSR count). The van der Waals surface area contributed by atoms with E-state index in [2.05, 4.69) is 45.0 Å². The highest BCUT2D eigenvalue weighted by Crippen LogP contribution is 2.28. The van der Waals surface area contributed by atoms with E-state index in [-0.39, 0.29) is 11.5 Å². The van der Waals surface area contributed by atoms with Gasteiger partial charge in [0.15, 0.2) is 0 Å². The minimum atomic E-state index is -0.184. The van der Waals surface area contributed by atoms with Gasteiger partial charge in [-0.1, -0.05) is 43.7 Å². The summed E-state index contributed by atoms with van der Waals surface area (Å²) in [7, 11) is 0. The molecule has 0 aromatic heterocycles. The van der Waals surface area contributed by atoms with Crippen molar-refractivity contribution in [2.75, 3.05) is 0 Å². The first kappa shape index (κ1) is 13.2. The molecule has 0 spiro atoms. The predicted molar refractivity (Wildman–Crippen MR) is 69.6 cm³/mol. The van der Waals surface area contributed by atoms with Crippen molar-refractivity contribution in [1.29, 1.82) is 0 Å². The Labute approximate surface area is 99.5 Å². The van der Waals surface area contributed by atoms with Gasteiger partial charge in [0.2, 0.25) is 0 Å². The Hall–Kier alpha value is -0.820. The minimum Gasteiger partial charge on any atom is -0.393 e. The van der Waals surface area contributed by atoms with Crippen molar-refractivity contribution in [2.24, 2.45) is 5.41 Å². The van der Waals surface area contributed by atoms with Gasteiger partial charge in [-0.3, -0.25) is 0 Å². The van der Waals surface area contributed by atoms with E-state index < -0.39 is 0 Å². The van der Waals surface area contributed by atoms with Gasteiger partial charge in [-0.25, -0.2) is 0 Å². The molecule has 1 N–H and O–H groups in total. The van der Waals surface area contributed by atoms with Gasteiger partial charge in [0.25, 0.3) is 0 Å². The van der Waals surface area contributed by atoms with Gasteiger partial charge in [-0.15, -0.1) is 0 Å². The number of hydrogen-bond donors (Lipinski definition) is 1. The smallest absolute Gasteiger partial charge is 0.0512 e. The van der Waals surface area contributed by atoms with Crippen molar-refractivity contribution in [1.82, 2.24) is 0 Å². The fourth-order valence-electron chi connectivity index (χ4n) is 2.06. The molecule has 0 bridgehead atoms. The van der Waals surface area contributed by atoms with Gasteiger partial charge in [0.05, 0.1) is 6.10 Å². The van der Waals surface area contributed by atoms with E-state index in [1.54, 1.807) is 0 Å². The topological polar surface area (TPSA) is 20.2 Å². The zero-order valence-corrected chi connectivity index (χ0v) is 11.0. The Bertz CT molecular complexity index is 326. The fraction of sp³-hybridized carbons (Fsp3) is 0.600. The summed E-state index contributed by atoms with van der Waals surface area (Å²) in [6.07, 6.45) is 2.86. The third-order valence-electron chi connectivity index (χ3n) is 3.00. The van der Waals surface area contributed by atoms with Crippen LogP contribution in [0.4, 0.5) is 0 Å². The van der Waals surface area contributed by atoms with Crippen LogP contribution in [0.2, 0.25) is 0 Å². The molecule has 1 unspecified atom stereocenters.